The van der Waals surface area contributed by atoms with Crippen molar-refractivity contribution in [3.8, 4) is 0 Å². The van der Waals surface area contributed by atoms with E-state index in [9.17, 15) is 9.18 Å². The highest BCUT2D eigenvalue weighted by Crippen LogP contribution is 2.33. The van der Waals surface area contributed by atoms with Gasteiger partial charge in [-0.25, -0.2) is 4.39 Å². The first-order valence-corrected chi connectivity index (χ1v) is 9.43. The number of aromatic nitrogens is 2. The molecule has 1 spiro atoms. The van der Waals surface area contributed by atoms with Crippen LogP contribution in [0.3, 0.4) is 0 Å². The molecule has 1 unspecified atom stereocenters. The van der Waals surface area contributed by atoms with Gasteiger partial charge in [0.15, 0.2) is 0 Å². The number of amides is 1. The predicted octanol–water partition coefficient (Wildman–Crippen LogP) is 2.36. The summed E-state index contributed by atoms with van der Waals surface area (Å²) in [5.74, 6) is -0.456. The summed E-state index contributed by atoms with van der Waals surface area (Å²) in [4.78, 5) is 16.4. The van der Waals surface area contributed by atoms with E-state index in [1.807, 2.05) is 11.6 Å². The second kappa shape index (κ2) is 7.05. The highest BCUT2D eigenvalue weighted by Gasteiger charge is 2.45. The molecule has 1 aromatic heterocycles. The highest BCUT2D eigenvalue weighted by atomic mass is 19.1. The number of aryl methyl sites for hydroxylation is 2. The van der Waals surface area contributed by atoms with E-state index >= 15 is 0 Å². The Kier molecular flexibility index (Phi) is 4.74. The van der Waals surface area contributed by atoms with Crippen molar-refractivity contribution in [3.63, 3.8) is 0 Å². The molecule has 4 rings (SSSR count). The number of likely N-dealkylation sites (tertiary alicyclic amines) is 1. The van der Waals surface area contributed by atoms with Crippen LogP contribution in [0.1, 0.15) is 24.6 Å². The third-order valence-electron chi connectivity index (χ3n) is 5.53. The fourth-order valence-electron chi connectivity index (χ4n) is 4.02. The summed E-state index contributed by atoms with van der Waals surface area (Å²) in [5.41, 5.74) is 2.48. The number of anilines is 1. The molecule has 1 amide bonds. The van der Waals surface area contributed by atoms with Crippen molar-refractivity contribution >= 4 is 11.6 Å². The van der Waals surface area contributed by atoms with Crippen LogP contribution in [0.2, 0.25) is 0 Å². The number of hydrogen-bond acceptors (Lipinski definition) is 4. The lowest BCUT2D eigenvalue weighted by Crippen LogP contribution is -2.56. The molecule has 3 heterocycles. The molecule has 144 valence electrons. The summed E-state index contributed by atoms with van der Waals surface area (Å²) in [6.45, 7) is 7.95. The van der Waals surface area contributed by atoms with Gasteiger partial charge in [0.25, 0.3) is 5.91 Å². The Morgan fingerprint density at radius 3 is 2.93 bits per heavy atom. The Hall–Kier alpha value is -2.25. The van der Waals surface area contributed by atoms with E-state index in [-0.39, 0.29) is 18.3 Å². The van der Waals surface area contributed by atoms with Crippen LogP contribution in [-0.2, 0) is 22.6 Å². The Bertz CT molecular complexity index is 852. The Morgan fingerprint density at radius 2 is 2.19 bits per heavy atom. The van der Waals surface area contributed by atoms with Gasteiger partial charge in [-0.05, 0) is 38.5 Å². The number of benzene rings is 1. The smallest absolute Gasteiger partial charge is 0.253 e. The van der Waals surface area contributed by atoms with E-state index in [0.717, 1.165) is 38.3 Å². The van der Waals surface area contributed by atoms with Gasteiger partial charge in [0.2, 0.25) is 0 Å². The molecule has 2 aromatic rings. The van der Waals surface area contributed by atoms with Crippen LogP contribution < -0.4 is 4.90 Å². The Labute approximate surface area is 158 Å². The number of carbonyl (C=O) groups is 1. The molecule has 1 atom stereocenters. The molecule has 0 radical (unpaired) electrons. The molecular weight excluding hydrogens is 347 g/mol. The second-order valence-corrected chi connectivity index (χ2v) is 7.49. The number of halogens is 1. The van der Waals surface area contributed by atoms with Crippen LogP contribution in [0.25, 0.3) is 0 Å². The van der Waals surface area contributed by atoms with Crippen LogP contribution in [0.4, 0.5) is 10.1 Å². The number of morpholine rings is 1. The van der Waals surface area contributed by atoms with E-state index in [4.69, 9.17) is 4.74 Å². The van der Waals surface area contributed by atoms with Crippen LogP contribution in [0.5, 0.6) is 0 Å². The van der Waals surface area contributed by atoms with Crippen molar-refractivity contribution in [1.29, 1.82) is 0 Å². The molecule has 0 bridgehead atoms. The first-order chi connectivity index (χ1) is 13.0. The maximum absolute atomic E-state index is 13.6. The van der Waals surface area contributed by atoms with Gasteiger partial charge in [-0.2, -0.15) is 5.10 Å². The zero-order valence-electron chi connectivity index (χ0n) is 15.8. The summed E-state index contributed by atoms with van der Waals surface area (Å²) in [6.07, 6.45) is 2.96. The fourth-order valence-corrected chi connectivity index (χ4v) is 4.02. The lowest BCUT2D eigenvalue weighted by atomic mass is 10.00. The maximum Gasteiger partial charge on any atom is 0.253 e. The molecule has 6 nitrogen and oxygen atoms in total. The highest BCUT2D eigenvalue weighted by molar-refractivity contribution is 5.95. The van der Waals surface area contributed by atoms with Gasteiger partial charge in [-0.15, -0.1) is 0 Å². The fraction of sp³-hybridized carbons (Fsp3) is 0.500. The van der Waals surface area contributed by atoms with Gasteiger partial charge in [0, 0.05) is 43.6 Å². The Morgan fingerprint density at radius 1 is 1.33 bits per heavy atom. The molecule has 27 heavy (non-hydrogen) atoms. The topological polar surface area (TPSA) is 50.6 Å². The number of carbonyl (C=O) groups excluding carboxylic acids is 1. The molecular formula is C20H25FN4O2. The minimum Gasteiger partial charge on any atom is -0.362 e. The standard InChI is InChI=1S/C20H25FN4O2/c1-3-24-11-16(15(2)22-24)10-23-8-7-20(13-23)14-25(19(26)12-27-20)18-6-4-5-17(21)9-18/h4-6,9,11H,3,7-8,10,12-14H2,1-2H3. The van der Waals surface area contributed by atoms with Gasteiger partial charge >= 0.3 is 0 Å². The van der Waals surface area contributed by atoms with Crippen LogP contribution in [-0.4, -0.2) is 52.4 Å². The number of ether oxygens (including phenoxy) is 1. The second-order valence-electron chi connectivity index (χ2n) is 7.49. The van der Waals surface area contributed by atoms with Crippen LogP contribution in [0.15, 0.2) is 30.5 Å². The summed E-state index contributed by atoms with van der Waals surface area (Å²) in [5, 5.41) is 4.52. The zero-order valence-corrected chi connectivity index (χ0v) is 15.8. The molecule has 0 N–H and O–H groups in total. The first kappa shape index (κ1) is 18.1. The summed E-state index contributed by atoms with van der Waals surface area (Å²) in [7, 11) is 0. The van der Waals surface area contributed by atoms with Crippen LogP contribution in [0, 0.1) is 12.7 Å². The minimum absolute atomic E-state index is 0.0388. The molecule has 1 aromatic carbocycles. The molecule has 7 heteroatoms. The van der Waals surface area contributed by atoms with E-state index in [1.54, 1.807) is 17.0 Å². The summed E-state index contributed by atoms with van der Waals surface area (Å²) < 4.78 is 21.6. The van der Waals surface area contributed by atoms with E-state index in [1.165, 1.54) is 17.7 Å². The van der Waals surface area contributed by atoms with Gasteiger partial charge in [0.1, 0.15) is 18.0 Å². The zero-order chi connectivity index (χ0) is 19.0. The van der Waals surface area contributed by atoms with Crippen molar-refractivity contribution in [2.24, 2.45) is 0 Å². The van der Waals surface area contributed by atoms with Crippen molar-refractivity contribution in [2.75, 3.05) is 31.1 Å². The third kappa shape index (κ3) is 3.61. The van der Waals surface area contributed by atoms with Crippen molar-refractivity contribution in [1.82, 2.24) is 14.7 Å². The SMILES string of the molecule is CCn1cc(CN2CCC3(C2)CN(c2cccc(F)c2)C(=O)CO3)c(C)n1. The van der Waals surface area contributed by atoms with Gasteiger partial charge in [0.05, 0.1) is 12.2 Å². The largest absolute Gasteiger partial charge is 0.362 e. The molecule has 2 fully saturated rings. The normalized spacial score (nSPS) is 23.5. The first-order valence-electron chi connectivity index (χ1n) is 9.43. The summed E-state index contributed by atoms with van der Waals surface area (Å²) >= 11 is 0. The van der Waals surface area contributed by atoms with Gasteiger partial charge in [-0.3, -0.25) is 14.4 Å². The van der Waals surface area contributed by atoms with Crippen molar-refractivity contribution in [3.05, 3.63) is 47.5 Å². The average molecular weight is 372 g/mol. The quantitative estimate of drug-likeness (QED) is 0.827. The van der Waals surface area contributed by atoms with E-state index in [2.05, 4.69) is 23.1 Å². The average Bonchev–Trinajstić information content (AvgIpc) is 3.21. The van der Waals surface area contributed by atoms with Crippen LogP contribution >= 0.6 is 0 Å². The monoisotopic (exact) mass is 372 g/mol. The third-order valence-corrected chi connectivity index (χ3v) is 5.53. The van der Waals surface area contributed by atoms with Gasteiger partial charge < -0.3 is 9.64 Å². The van der Waals surface area contributed by atoms with Crippen molar-refractivity contribution in [2.45, 2.75) is 39.0 Å². The van der Waals surface area contributed by atoms with E-state index < -0.39 is 5.60 Å². The number of rotatable bonds is 4. The number of nitrogens with zero attached hydrogens (tertiary/aromatic N) is 4. The predicted molar refractivity (Wildman–Crippen MR) is 100.0 cm³/mol. The minimum atomic E-state index is -0.394. The molecule has 2 saturated heterocycles. The lowest BCUT2D eigenvalue weighted by molar-refractivity contribution is -0.137. The molecule has 0 saturated carbocycles. The molecule has 2 aliphatic heterocycles. The number of hydrogen-bond donors (Lipinski definition) is 0. The van der Waals surface area contributed by atoms with Gasteiger partial charge in [-0.1, -0.05) is 6.07 Å². The Balaban J connectivity index is 1.47. The summed E-state index contributed by atoms with van der Waals surface area (Å²) in [6, 6.07) is 6.21. The lowest BCUT2D eigenvalue weighted by Gasteiger charge is -2.40. The molecule has 0 aliphatic carbocycles. The molecule has 2 aliphatic rings. The van der Waals surface area contributed by atoms with E-state index in [0.29, 0.717) is 12.2 Å². The van der Waals surface area contributed by atoms with Crippen molar-refractivity contribution < 1.29 is 13.9 Å². The maximum atomic E-state index is 13.6.